The highest BCUT2D eigenvalue weighted by Crippen LogP contribution is 2.54. The lowest BCUT2D eigenvalue weighted by atomic mass is 9.59. The number of nitrogens with zero attached hydrogens (tertiary/aromatic N) is 4. The number of hydrogen-bond donors (Lipinski definition) is 2. The van der Waals surface area contributed by atoms with E-state index >= 15 is 0 Å². The van der Waals surface area contributed by atoms with Crippen LogP contribution in [-0.4, -0.2) is 60.6 Å². The molecular formula is C23H31N5O. The first-order chi connectivity index (χ1) is 13.9. The van der Waals surface area contributed by atoms with Gasteiger partial charge in [-0.25, -0.2) is 4.98 Å². The van der Waals surface area contributed by atoms with Crippen LogP contribution >= 0.6 is 0 Å². The predicted octanol–water partition coefficient (Wildman–Crippen LogP) is 2.28. The molecule has 5 rings (SSSR count). The van der Waals surface area contributed by atoms with Gasteiger partial charge in [-0.15, -0.1) is 0 Å². The number of anilines is 2. The van der Waals surface area contributed by atoms with Crippen molar-refractivity contribution in [1.82, 2.24) is 15.2 Å². The number of rotatable bonds is 4. The van der Waals surface area contributed by atoms with Gasteiger partial charge in [0.25, 0.3) is 0 Å². The molecule has 0 amide bonds. The van der Waals surface area contributed by atoms with Gasteiger partial charge in [0.15, 0.2) is 6.35 Å². The van der Waals surface area contributed by atoms with Crippen LogP contribution in [0.3, 0.4) is 0 Å². The number of aliphatic hydroxyl groups is 1. The van der Waals surface area contributed by atoms with E-state index in [0.29, 0.717) is 0 Å². The standard InChI is InChI=1S/C23H31N5O/c1-17-12-20(27-10-7-11-27)24-13-19(17)28-16-22(25-21(28)29)14-23(15-22,26(2)3)18-8-5-4-6-9-18/h4-6,8-9,12-13,21,25,29H,7,10-11,14-16H2,1-3H3. The normalized spacial score (nSPS) is 31.3. The Kier molecular flexibility index (Phi) is 4.35. The van der Waals surface area contributed by atoms with Crippen molar-refractivity contribution in [2.24, 2.45) is 0 Å². The molecule has 1 spiro atoms. The molecule has 1 atom stereocenters. The van der Waals surface area contributed by atoms with Crippen molar-refractivity contribution in [1.29, 1.82) is 0 Å². The van der Waals surface area contributed by atoms with Crippen molar-refractivity contribution in [3.05, 3.63) is 53.7 Å². The van der Waals surface area contributed by atoms with Crippen molar-refractivity contribution < 1.29 is 5.11 Å². The zero-order valence-corrected chi connectivity index (χ0v) is 17.6. The summed E-state index contributed by atoms with van der Waals surface area (Å²) in [6.45, 7) is 5.10. The maximum absolute atomic E-state index is 10.8. The molecule has 3 aliphatic rings. The molecule has 1 aromatic carbocycles. The number of aromatic nitrogens is 1. The van der Waals surface area contributed by atoms with Crippen molar-refractivity contribution >= 4 is 11.5 Å². The lowest BCUT2D eigenvalue weighted by Gasteiger charge is -2.58. The van der Waals surface area contributed by atoms with E-state index < -0.39 is 6.35 Å². The Labute approximate surface area is 173 Å². The highest BCUT2D eigenvalue weighted by atomic mass is 16.3. The molecule has 1 aliphatic carbocycles. The van der Waals surface area contributed by atoms with Gasteiger partial charge in [0.05, 0.1) is 11.9 Å². The van der Waals surface area contributed by atoms with Crippen LogP contribution in [0.2, 0.25) is 0 Å². The highest BCUT2D eigenvalue weighted by Gasteiger charge is 2.60. The number of aliphatic hydroxyl groups excluding tert-OH is 1. The third kappa shape index (κ3) is 2.93. The van der Waals surface area contributed by atoms with Crippen LogP contribution in [0, 0.1) is 6.92 Å². The smallest absolute Gasteiger partial charge is 0.184 e. The van der Waals surface area contributed by atoms with E-state index in [2.05, 4.69) is 82.4 Å². The number of pyridine rings is 1. The van der Waals surface area contributed by atoms with Crippen LogP contribution in [0.1, 0.15) is 30.4 Å². The lowest BCUT2D eigenvalue weighted by Crippen LogP contribution is -2.67. The Morgan fingerprint density at radius 2 is 1.90 bits per heavy atom. The summed E-state index contributed by atoms with van der Waals surface area (Å²) in [5.41, 5.74) is 3.47. The van der Waals surface area contributed by atoms with Crippen LogP contribution in [0.4, 0.5) is 11.5 Å². The molecule has 1 saturated carbocycles. The molecule has 3 fully saturated rings. The van der Waals surface area contributed by atoms with Gasteiger partial charge >= 0.3 is 0 Å². The molecule has 1 unspecified atom stereocenters. The number of nitrogens with one attached hydrogen (secondary N) is 1. The second-order valence-corrected chi connectivity index (χ2v) is 9.24. The summed E-state index contributed by atoms with van der Waals surface area (Å²) in [5.74, 6) is 1.05. The molecule has 0 bridgehead atoms. The topological polar surface area (TPSA) is 54.9 Å². The summed E-state index contributed by atoms with van der Waals surface area (Å²) in [5, 5.41) is 14.3. The van der Waals surface area contributed by atoms with Gasteiger partial charge in [0.1, 0.15) is 5.82 Å². The average molecular weight is 394 g/mol. The van der Waals surface area contributed by atoms with Gasteiger partial charge in [-0.2, -0.15) is 0 Å². The van der Waals surface area contributed by atoms with Gasteiger partial charge in [0.2, 0.25) is 0 Å². The van der Waals surface area contributed by atoms with E-state index in [1.165, 1.54) is 17.5 Å². The lowest BCUT2D eigenvalue weighted by molar-refractivity contribution is -0.0313. The van der Waals surface area contributed by atoms with Crippen LogP contribution in [-0.2, 0) is 5.54 Å². The van der Waals surface area contributed by atoms with Gasteiger partial charge in [-0.3, -0.25) is 10.2 Å². The fourth-order valence-electron chi connectivity index (χ4n) is 5.39. The molecular weight excluding hydrogens is 362 g/mol. The van der Waals surface area contributed by atoms with Crippen LogP contribution in [0.15, 0.2) is 42.6 Å². The van der Waals surface area contributed by atoms with E-state index in [4.69, 9.17) is 0 Å². The molecule has 2 aliphatic heterocycles. The summed E-state index contributed by atoms with van der Waals surface area (Å²) in [4.78, 5) is 11.4. The molecule has 2 saturated heterocycles. The Bertz CT molecular complexity index is 889. The minimum absolute atomic E-state index is 0.0125. The first-order valence-corrected chi connectivity index (χ1v) is 10.6. The third-order valence-electron chi connectivity index (χ3n) is 7.19. The summed E-state index contributed by atoms with van der Waals surface area (Å²) in [7, 11) is 4.32. The zero-order chi connectivity index (χ0) is 20.2. The van der Waals surface area contributed by atoms with Gasteiger partial charge in [0, 0.05) is 30.7 Å². The van der Waals surface area contributed by atoms with E-state index in [-0.39, 0.29) is 11.1 Å². The predicted molar refractivity (Wildman–Crippen MR) is 116 cm³/mol. The maximum Gasteiger partial charge on any atom is 0.184 e. The van der Waals surface area contributed by atoms with Gasteiger partial charge in [-0.1, -0.05) is 30.3 Å². The zero-order valence-electron chi connectivity index (χ0n) is 17.6. The number of benzene rings is 1. The van der Waals surface area contributed by atoms with Crippen molar-refractivity contribution in [3.8, 4) is 0 Å². The molecule has 2 N–H and O–H groups in total. The van der Waals surface area contributed by atoms with Crippen LogP contribution in [0.25, 0.3) is 0 Å². The van der Waals surface area contributed by atoms with Crippen LogP contribution < -0.4 is 15.1 Å². The Morgan fingerprint density at radius 1 is 1.17 bits per heavy atom. The van der Waals surface area contributed by atoms with Gasteiger partial charge in [-0.05, 0) is 57.5 Å². The maximum atomic E-state index is 10.8. The van der Waals surface area contributed by atoms with Crippen molar-refractivity contribution in [2.45, 2.75) is 43.6 Å². The number of hydrogen-bond acceptors (Lipinski definition) is 6. The Morgan fingerprint density at radius 3 is 2.48 bits per heavy atom. The Balaban J connectivity index is 1.37. The summed E-state index contributed by atoms with van der Waals surface area (Å²) >= 11 is 0. The first-order valence-electron chi connectivity index (χ1n) is 10.6. The summed E-state index contributed by atoms with van der Waals surface area (Å²) < 4.78 is 0. The Hall–Kier alpha value is -2.15. The monoisotopic (exact) mass is 393 g/mol. The quantitative estimate of drug-likeness (QED) is 0.831. The SMILES string of the molecule is Cc1cc(N2CCC2)ncc1N1CC2(CC(c3ccccc3)(N(C)C)C2)NC1O. The molecule has 2 aromatic rings. The van der Waals surface area contributed by atoms with E-state index in [1.54, 1.807) is 0 Å². The molecule has 29 heavy (non-hydrogen) atoms. The van der Waals surface area contributed by atoms with Crippen molar-refractivity contribution in [2.75, 3.05) is 43.5 Å². The fourth-order valence-corrected chi connectivity index (χ4v) is 5.39. The summed E-state index contributed by atoms with van der Waals surface area (Å²) in [6, 6.07) is 12.9. The molecule has 3 heterocycles. The highest BCUT2D eigenvalue weighted by molar-refractivity contribution is 5.59. The molecule has 1 aromatic heterocycles. The first kappa shape index (κ1) is 18.9. The second-order valence-electron chi connectivity index (χ2n) is 9.24. The average Bonchev–Trinajstić information content (AvgIpc) is 2.96. The summed E-state index contributed by atoms with van der Waals surface area (Å²) in [6.07, 6.45) is 4.45. The molecule has 0 radical (unpaired) electrons. The van der Waals surface area contributed by atoms with Crippen molar-refractivity contribution in [3.63, 3.8) is 0 Å². The minimum Gasteiger partial charge on any atom is -0.361 e. The van der Waals surface area contributed by atoms with E-state index in [9.17, 15) is 5.11 Å². The molecule has 154 valence electrons. The van der Waals surface area contributed by atoms with Crippen LogP contribution in [0.5, 0.6) is 0 Å². The largest absolute Gasteiger partial charge is 0.361 e. The number of aryl methyl sites for hydroxylation is 1. The third-order valence-corrected chi connectivity index (χ3v) is 7.19. The minimum atomic E-state index is -0.679. The van der Waals surface area contributed by atoms with E-state index in [0.717, 1.165) is 44.0 Å². The molecule has 6 heteroatoms. The second kappa shape index (κ2) is 6.69. The fraction of sp³-hybridized carbons (Fsp3) is 0.522. The van der Waals surface area contributed by atoms with Gasteiger partial charge < -0.3 is 14.9 Å². The van der Waals surface area contributed by atoms with E-state index in [1.807, 2.05) is 6.20 Å². The molecule has 6 nitrogen and oxygen atoms in total.